The first-order valence-corrected chi connectivity index (χ1v) is 10.6. The molecule has 0 atom stereocenters. The second-order valence-corrected chi connectivity index (χ2v) is 6.84. The summed E-state index contributed by atoms with van der Waals surface area (Å²) in [6, 6.07) is 15.8. The molecular formula is C24H34N2O2. The second-order valence-electron chi connectivity index (χ2n) is 6.84. The lowest BCUT2D eigenvalue weighted by Crippen LogP contribution is -2.02. The number of ether oxygens (including phenoxy) is 2. The molecule has 0 aromatic heterocycles. The molecule has 0 aliphatic heterocycles. The first-order valence-electron chi connectivity index (χ1n) is 10.6. The van der Waals surface area contributed by atoms with Crippen LogP contribution in [0.25, 0.3) is 0 Å². The third kappa shape index (κ3) is 8.47. The van der Waals surface area contributed by atoms with Gasteiger partial charge in [0.05, 0.1) is 25.1 Å². The Morgan fingerprint density at radius 2 is 1.57 bits per heavy atom. The van der Waals surface area contributed by atoms with Gasteiger partial charge in [0.1, 0.15) is 0 Å². The zero-order chi connectivity index (χ0) is 19.9. The summed E-state index contributed by atoms with van der Waals surface area (Å²) in [5.74, 6) is 1.58. The molecule has 4 nitrogen and oxygen atoms in total. The summed E-state index contributed by atoms with van der Waals surface area (Å²) < 4.78 is 11.7. The third-order valence-electron chi connectivity index (χ3n) is 4.45. The summed E-state index contributed by atoms with van der Waals surface area (Å²) in [6.07, 6.45) is 10.7. The van der Waals surface area contributed by atoms with Crippen molar-refractivity contribution in [3.63, 3.8) is 0 Å². The predicted molar refractivity (Wildman–Crippen MR) is 119 cm³/mol. The van der Waals surface area contributed by atoms with Crippen LogP contribution in [0, 0.1) is 0 Å². The third-order valence-corrected chi connectivity index (χ3v) is 4.45. The van der Waals surface area contributed by atoms with Gasteiger partial charge in [0, 0.05) is 0 Å². The van der Waals surface area contributed by atoms with Crippen LogP contribution in [0.15, 0.2) is 53.6 Å². The SMILES string of the molecule is CCCCCCCCCOc1ccc(/C=N/Nc2ccccc2)cc1OCC. The minimum Gasteiger partial charge on any atom is -0.490 e. The Balaban J connectivity index is 1.80. The predicted octanol–water partition coefficient (Wildman–Crippen LogP) is 6.66. The lowest BCUT2D eigenvalue weighted by Gasteiger charge is -2.12. The van der Waals surface area contributed by atoms with Gasteiger partial charge >= 0.3 is 0 Å². The molecule has 0 saturated carbocycles. The number of nitrogens with one attached hydrogen (secondary N) is 1. The van der Waals surface area contributed by atoms with Gasteiger partial charge in [-0.25, -0.2) is 0 Å². The van der Waals surface area contributed by atoms with Crippen LogP contribution >= 0.6 is 0 Å². The molecule has 0 radical (unpaired) electrons. The summed E-state index contributed by atoms with van der Waals surface area (Å²) in [7, 11) is 0. The van der Waals surface area contributed by atoms with Gasteiger partial charge in [-0.2, -0.15) is 5.10 Å². The van der Waals surface area contributed by atoms with Crippen molar-refractivity contribution >= 4 is 11.9 Å². The molecule has 0 aliphatic rings. The minimum absolute atomic E-state index is 0.608. The zero-order valence-corrected chi connectivity index (χ0v) is 17.3. The fourth-order valence-electron chi connectivity index (χ4n) is 2.93. The summed E-state index contributed by atoms with van der Waals surface area (Å²) in [5, 5.41) is 4.29. The molecular weight excluding hydrogens is 348 g/mol. The van der Waals surface area contributed by atoms with Gasteiger partial charge in [0.25, 0.3) is 0 Å². The van der Waals surface area contributed by atoms with Crippen molar-refractivity contribution in [2.75, 3.05) is 18.6 Å². The molecule has 0 bridgehead atoms. The van der Waals surface area contributed by atoms with Crippen LogP contribution in [-0.4, -0.2) is 19.4 Å². The zero-order valence-electron chi connectivity index (χ0n) is 17.3. The number of rotatable bonds is 14. The maximum absolute atomic E-state index is 5.96. The number of unbranched alkanes of at least 4 members (excludes halogenated alkanes) is 6. The van der Waals surface area contributed by atoms with Gasteiger partial charge in [-0.15, -0.1) is 0 Å². The van der Waals surface area contributed by atoms with Gasteiger partial charge in [0.15, 0.2) is 11.5 Å². The average Bonchev–Trinajstić information content (AvgIpc) is 2.72. The number of anilines is 1. The standard InChI is InChI=1S/C24H34N2O2/c1-3-5-6-7-8-9-13-18-28-23-17-16-21(19-24(23)27-4-2)20-25-26-22-14-11-10-12-15-22/h10-12,14-17,19-20,26H,3-9,13,18H2,1-2H3/b25-20+. The fourth-order valence-corrected chi connectivity index (χ4v) is 2.93. The summed E-state index contributed by atoms with van der Waals surface area (Å²) in [5.41, 5.74) is 4.95. The number of hydrazone groups is 1. The van der Waals surface area contributed by atoms with E-state index in [1.807, 2.05) is 55.5 Å². The van der Waals surface area contributed by atoms with Crippen molar-refractivity contribution in [3.8, 4) is 11.5 Å². The number of para-hydroxylation sites is 1. The topological polar surface area (TPSA) is 42.8 Å². The van der Waals surface area contributed by atoms with Crippen LogP contribution in [0.1, 0.15) is 64.4 Å². The van der Waals surface area contributed by atoms with Crippen LogP contribution in [-0.2, 0) is 0 Å². The van der Waals surface area contributed by atoms with E-state index in [0.29, 0.717) is 6.61 Å². The maximum atomic E-state index is 5.96. The lowest BCUT2D eigenvalue weighted by molar-refractivity contribution is 0.270. The van der Waals surface area contributed by atoms with Crippen molar-refractivity contribution < 1.29 is 9.47 Å². The number of benzene rings is 2. The first-order chi connectivity index (χ1) is 13.8. The quantitative estimate of drug-likeness (QED) is 0.226. The van der Waals surface area contributed by atoms with E-state index in [-0.39, 0.29) is 0 Å². The van der Waals surface area contributed by atoms with Crippen molar-refractivity contribution in [2.45, 2.75) is 58.8 Å². The van der Waals surface area contributed by atoms with Crippen molar-refractivity contribution in [1.82, 2.24) is 0 Å². The Bertz CT molecular complexity index is 686. The summed E-state index contributed by atoms with van der Waals surface area (Å²) in [4.78, 5) is 0. The van der Waals surface area contributed by atoms with Crippen molar-refractivity contribution in [3.05, 3.63) is 54.1 Å². The van der Waals surface area contributed by atoms with E-state index in [0.717, 1.165) is 35.8 Å². The van der Waals surface area contributed by atoms with E-state index < -0.39 is 0 Å². The van der Waals surface area contributed by atoms with E-state index in [1.165, 1.54) is 38.5 Å². The highest BCUT2D eigenvalue weighted by Gasteiger charge is 2.06. The monoisotopic (exact) mass is 382 g/mol. The molecule has 2 aromatic carbocycles. The minimum atomic E-state index is 0.608. The Morgan fingerprint density at radius 3 is 2.32 bits per heavy atom. The smallest absolute Gasteiger partial charge is 0.161 e. The Morgan fingerprint density at radius 1 is 0.821 bits per heavy atom. The van der Waals surface area contributed by atoms with E-state index in [1.54, 1.807) is 6.21 Å². The molecule has 0 fully saturated rings. The lowest BCUT2D eigenvalue weighted by atomic mass is 10.1. The number of hydrogen-bond acceptors (Lipinski definition) is 4. The highest BCUT2D eigenvalue weighted by molar-refractivity contribution is 5.81. The van der Waals surface area contributed by atoms with Crippen molar-refractivity contribution in [2.24, 2.45) is 5.10 Å². The molecule has 0 aliphatic carbocycles. The largest absolute Gasteiger partial charge is 0.490 e. The molecule has 2 rings (SSSR count). The molecule has 1 N–H and O–H groups in total. The maximum Gasteiger partial charge on any atom is 0.161 e. The fraction of sp³-hybridized carbons (Fsp3) is 0.458. The molecule has 152 valence electrons. The Kier molecular flexibility index (Phi) is 10.6. The highest BCUT2D eigenvalue weighted by Crippen LogP contribution is 2.28. The van der Waals surface area contributed by atoms with Crippen LogP contribution in [0.3, 0.4) is 0 Å². The Labute approximate surface area is 170 Å². The molecule has 0 amide bonds. The molecule has 2 aromatic rings. The first kappa shape index (κ1) is 21.8. The van der Waals surface area contributed by atoms with Crippen LogP contribution in [0.2, 0.25) is 0 Å². The molecule has 0 spiro atoms. The van der Waals surface area contributed by atoms with Crippen LogP contribution in [0.5, 0.6) is 11.5 Å². The number of nitrogens with zero attached hydrogens (tertiary/aromatic N) is 1. The van der Waals surface area contributed by atoms with Gasteiger partial charge in [-0.3, -0.25) is 5.43 Å². The van der Waals surface area contributed by atoms with Crippen LogP contribution in [0.4, 0.5) is 5.69 Å². The van der Waals surface area contributed by atoms with E-state index in [9.17, 15) is 0 Å². The molecule has 28 heavy (non-hydrogen) atoms. The molecule has 4 heteroatoms. The van der Waals surface area contributed by atoms with Crippen LogP contribution < -0.4 is 14.9 Å². The van der Waals surface area contributed by atoms with Gasteiger partial charge in [0.2, 0.25) is 0 Å². The van der Waals surface area contributed by atoms with Gasteiger partial charge in [-0.05, 0) is 49.2 Å². The highest BCUT2D eigenvalue weighted by atomic mass is 16.5. The number of hydrogen-bond donors (Lipinski definition) is 1. The molecule has 0 unspecified atom stereocenters. The van der Waals surface area contributed by atoms with E-state index in [4.69, 9.17) is 9.47 Å². The van der Waals surface area contributed by atoms with Crippen molar-refractivity contribution in [1.29, 1.82) is 0 Å². The average molecular weight is 383 g/mol. The van der Waals surface area contributed by atoms with Gasteiger partial charge < -0.3 is 9.47 Å². The second kappa shape index (κ2) is 13.6. The van der Waals surface area contributed by atoms with E-state index >= 15 is 0 Å². The normalized spacial score (nSPS) is 10.9. The Hall–Kier alpha value is -2.49. The van der Waals surface area contributed by atoms with Gasteiger partial charge in [-0.1, -0.05) is 63.6 Å². The molecule has 0 saturated heterocycles. The van der Waals surface area contributed by atoms with E-state index in [2.05, 4.69) is 17.5 Å². The molecule has 0 heterocycles. The summed E-state index contributed by atoms with van der Waals surface area (Å²) >= 11 is 0. The summed E-state index contributed by atoms with van der Waals surface area (Å²) in [6.45, 7) is 5.58.